The lowest BCUT2D eigenvalue weighted by molar-refractivity contribution is -0.134. The Morgan fingerprint density at radius 1 is 1.17 bits per heavy atom. The molecule has 3 nitrogen and oxygen atoms in total. The molecule has 2 aliphatic heterocycles. The predicted octanol–water partition coefficient (Wildman–Crippen LogP) is 0.730. The van der Waals surface area contributed by atoms with Gasteiger partial charge in [0, 0.05) is 19.4 Å². The summed E-state index contributed by atoms with van der Waals surface area (Å²) in [4.78, 5) is 24.5. The third-order valence-corrected chi connectivity index (χ3v) is 2.79. The third kappa shape index (κ3) is 1.13. The van der Waals surface area contributed by atoms with Crippen molar-refractivity contribution < 1.29 is 9.59 Å². The predicted molar refractivity (Wildman–Crippen MR) is 43.6 cm³/mol. The summed E-state index contributed by atoms with van der Waals surface area (Å²) in [5.41, 5.74) is 0. The highest BCUT2D eigenvalue weighted by Gasteiger charge is 2.36. The van der Waals surface area contributed by atoms with Crippen LogP contribution in [0.2, 0.25) is 0 Å². The first-order valence-corrected chi connectivity index (χ1v) is 4.61. The van der Waals surface area contributed by atoms with E-state index in [0.717, 1.165) is 19.3 Å². The van der Waals surface area contributed by atoms with Crippen molar-refractivity contribution in [1.82, 2.24) is 4.90 Å². The molecule has 2 aliphatic rings. The van der Waals surface area contributed by atoms with Crippen LogP contribution in [0.15, 0.2) is 0 Å². The number of amides is 1. The molecule has 1 atom stereocenters. The Kier molecular flexibility index (Phi) is 1.87. The second-order valence-corrected chi connectivity index (χ2v) is 3.57. The van der Waals surface area contributed by atoms with E-state index in [1.54, 1.807) is 4.90 Å². The molecule has 2 rings (SSSR count). The molecule has 1 amide bonds. The molecule has 3 heteroatoms. The minimum Gasteiger partial charge on any atom is -0.332 e. The van der Waals surface area contributed by atoms with E-state index < -0.39 is 0 Å². The first kappa shape index (κ1) is 7.77. The number of carbonyl (C=O) groups is 2. The molecule has 2 heterocycles. The number of rotatable bonds is 0. The van der Waals surface area contributed by atoms with E-state index in [-0.39, 0.29) is 17.7 Å². The van der Waals surface area contributed by atoms with E-state index in [1.165, 1.54) is 0 Å². The maximum absolute atomic E-state index is 11.4. The molecule has 66 valence electrons. The van der Waals surface area contributed by atoms with Crippen molar-refractivity contribution in [3.63, 3.8) is 0 Å². The van der Waals surface area contributed by atoms with Crippen molar-refractivity contribution >= 4 is 11.7 Å². The molecule has 0 aromatic heterocycles. The SMILES string of the molecule is O=C1CCN2C(=O)CCCCC12. The zero-order valence-electron chi connectivity index (χ0n) is 7.08. The lowest BCUT2D eigenvalue weighted by atomic mass is 10.1. The number of ketones is 1. The van der Waals surface area contributed by atoms with Gasteiger partial charge in [0.2, 0.25) is 5.91 Å². The number of hydrogen-bond acceptors (Lipinski definition) is 2. The van der Waals surface area contributed by atoms with Gasteiger partial charge in [0.15, 0.2) is 5.78 Å². The summed E-state index contributed by atoms with van der Waals surface area (Å²) in [5.74, 6) is 0.452. The molecule has 1 unspecified atom stereocenters. The smallest absolute Gasteiger partial charge is 0.223 e. The zero-order chi connectivity index (χ0) is 8.55. The molecule has 0 radical (unpaired) electrons. The van der Waals surface area contributed by atoms with E-state index in [1.807, 2.05) is 0 Å². The van der Waals surface area contributed by atoms with Gasteiger partial charge >= 0.3 is 0 Å². The molecule has 0 saturated carbocycles. The topological polar surface area (TPSA) is 37.4 Å². The number of fused-ring (bicyclic) bond motifs is 1. The molecule has 0 aromatic rings. The monoisotopic (exact) mass is 167 g/mol. The van der Waals surface area contributed by atoms with Crippen molar-refractivity contribution in [2.75, 3.05) is 6.54 Å². The van der Waals surface area contributed by atoms with E-state index >= 15 is 0 Å². The maximum atomic E-state index is 11.4. The fourth-order valence-electron chi connectivity index (χ4n) is 2.10. The lowest BCUT2D eigenvalue weighted by Gasteiger charge is -2.19. The highest BCUT2D eigenvalue weighted by atomic mass is 16.2. The van der Waals surface area contributed by atoms with Crippen LogP contribution >= 0.6 is 0 Å². The van der Waals surface area contributed by atoms with Gasteiger partial charge in [-0.05, 0) is 12.8 Å². The van der Waals surface area contributed by atoms with Crippen molar-refractivity contribution in [2.24, 2.45) is 0 Å². The van der Waals surface area contributed by atoms with Crippen LogP contribution in [-0.2, 0) is 9.59 Å². The quantitative estimate of drug-likeness (QED) is 0.533. The molecular formula is C9H13NO2. The van der Waals surface area contributed by atoms with Gasteiger partial charge in [-0.3, -0.25) is 9.59 Å². The normalized spacial score (nSPS) is 30.3. The Hall–Kier alpha value is -0.860. The fourth-order valence-corrected chi connectivity index (χ4v) is 2.10. The summed E-state index contributed by atoms with van der Waals surface area (Å²) in [6.07, 6.45) is 4.10. The van der Waals surface area contributed by atoms with Gasteiger partial charge in [-0.25, -0.2) is 0 Å². The standard InChI is InChI=1S/C9H13NO2/c11-8-5-6-10-7(8)3-1-2-4-9(10)12/h7H,1-6H2. The molecule has 0 N–H and O–H groups in total. The third-order valence-electron chi connectivity index (χ3n) is 2.79. The number of Topliss-reactive ketones (excluding diaryl/α,β-unsaturated/α-hetero) is 1. The average Bonchev–Trinajstić information content (AvgIpc) is 2.30. The first-order chi connectivity index (χ1) is 5.79. The van der Waals surface area contributed by atoms with Crippen molar-refractivity contribution in [2.45, 2.75) is 38.1 Å². The second kappa shape index (κ2) is 2.88. The Morgan fingerprint density at radius 2 is 2.00 bits per heavy atom. The van der Waals surface area contributed by atoms with Crippen LogP contribution in [0.5, 0.6) is 0 Å². The Morgan fingerprint density at radius 3 is 2.83 bits per heavy atom. The summed E-state index contributed by atoms with van der Waals surface area (Å²) in [7, 11) is 0. The van der Waals surface area contributed by atoms with Gasteiger partial charge in [-0.1, -0.05) is 6.42 Å². The zero-order valence-corrected chi connectivity index (χ0v) is 7.08. The number of nitrogens with zero attached hydrogens (tertiary/aromatic N) is 1. The lowest BCUT2D eigenvalue weighted by Crippen LogP contribution is -2.36. The minimum atomic E-state index is -0.0556. The Labute approximate surface area is 71.7 Å². The number of hydrogen-bond donors (Lipinski definition) is 0. The summed E-state index contributed by atoms with van der Waals surface area (Å²) in [6, 6.07) is -0.0556. The first-order valence-electron chi connectivity index (χ1n) is 4.61. The molecule has 2 fully saturated rings. The van der Waals surface area contributed by atoms with E-state index in [2.05, 4.69) is 0 Å². The van der Waals surface area contributed by atoms with E-state index in [0.29, 0.717) is 19.4 Å². The van der Waals surface area contributed by atoms with Crippen LogP contribution in [0.4, 0.5) is 0 Å². The van der Waals surface area contributed by atoms with Crippen LogP contribution in [0, 0.1) is 0 Å². The van der Waals surface area contributed by atoms with Gasteiger partial charge in [0.25, 0.3) is 0 Å². The van der Waals surface area contributed by atoms with Crippen LogP contribution in [0.25, 0.3) is 0 Å². The maximum Gasteiger partial charge on any atom is 0.223 e. The molecule has 0 aromatic carbocycles. The van der Waals surface area contributed by atoms with Gasteiger partial charge in [0.05, 0.1) is 6.04 Å². The highest BCUT2D eigenvalue weighted by molar-refractivity contribution is 5.92. The minimum absolute atomic E-state index is 0.0556. The molecule has 0 bridgehead atoms. The second-order valence-electron chi connectivity index (χ2n) is 3.57. The fraction of sp³-hybridized carbons (Fsp3) is 0.778. The Balaban J connectivity index is 2.18. The van der Waals surface area contributed by atoms with Gasteiger partial charge in [-0.15, -0.1) is 0 Å². The largest absolute Gasteiger partial charge is 0.332 e. The van der Waals surface area contributed by atoms with Gasteiger partial charge in [-0.2, -0.15) is 0 Å². The van der Waals surface area contributed by atoms with Gasteiger partial charge < -0.3 is 4.90 Å². The van der Waals surface area contributed by atoms with Crippen LogP contribution in [0.1, 0.15) is 32.1 Å². The molecule has 2 saturated heterocycles. The van der Waals surface area contributed by atoms with Crippen LogP contribution in [-0.4, -0.2) is 29.2 Å². The van der Waals surface area contributed by atoms with Crippen LogP contribution in [0.3, 0.4) is 0 Å². The molecular weight excluding hydrogens is 154 g/mol. The number of carbonyl (C=O) groups excluding carboxylic acids is 2. The van der Waals surface area contributed by atoms with Crippen molar-refractivity contribution in [1.29, 1.82) is 0 Å². The Bertz CT molecular complexity index is 225. The van der Waals surface area contributed by atoms with Crippen molar-refractivity contribution in [3.8, 4) is 0 Å². The summed E-state index contributed by atoms with van der Waals surface area (Å²) in [5, 5.41) is 0. The van der Waals surface area contributed by atoms with Crippen molar-refractivity contribution in [3.05, 3.63) is 0 Å². The van der Waals surface area contributed by atoms with Gasteiger partial charge in [0.1, 0.15) is 0 Å². The summed E-state index contributed by atoms with van der Waals surface area (Å²) < 4.78 is 0. The summed E-state index contributed by atoms with van der Waals surface area (Å²) in [6.45, 7) is 0.669. The molecule has 0 spiro atoms. The van der Waals surface area contributed by atoms with E-state index in [9.17, 15) is 9.59 Å². The van der Waals surface area contributed by atoms with Crippen LogP contribution < -0.4 is 0 Å². The average molecular weight is 167 g/mol. The highest BCUT2D eigenvalue weighted by Crippen LogP contribution is 2.24. The summed E-state index contributed by atoms with van der Waals surface area (Å²) >= 11 is 0. The molecule has 12 heavy (non-hydrogen) atoms. The van der Waals surface area contributed by atoms with E-state index in [4.69, 9.17) is 0 Å². The molecule has 0 aliphatic carbocycles.